The molecule has 0 aromatic heterocycles. The van der Waals surface area contributed by atoms with Crippen molar-refractivity contribution < 1.29 is 29.0 Å². The third kappa shape index (κ3) is 6.70. The van der Waals surface area contributed by atoms with E-state index in [-0.39, 0.29) is 24.8 Å². The van der Waals surface area contributed by atoms with Gasteiger partial charge in [-0.25, -0.2) is 0 Å². The van der Waals surface area contributed by atoms with E-state index in [9.17, 15) is 24.3 Å². The maximum absolute atomic E-state index is 13.3. The monoisotopic (exact) mass is 464 g/mol. The summed E-state index contributed by atoms with van der Waals surface area (Å²) in [5.41, 5.74) is 0. The van der Waals surface area contributed by atoms with Crippen molar-refractivity contribution in [2.24, 2.45) is 29.6 Å². The topological polar surface area (TPSA) is 113 Å². The van der Waals surface area contributed by atoms with Gasteiger partial charge < -0.3 is 20.1 Å². The maximum Gasteiger partial charge on any atom is 0.303 e. The molecular weight excluding hydrogens is 424 g/mol. The van der Waals surface area contributed by atoms with Gasteiger partial charge in [0.1, 0.15) is 6.10 Å². The van der Waals surface area contributed by atoms with E-state index in [4.69, 9.17) is 4.74 Å². The number of carbonyl (C=O) groups is 4. The second-order valence-corrected chi connectivity index (χ2v) is 10.7. The van der Waals surface area contributed by atoms with Crippen molar-refractivity contribution in [3.63, 3.8) is 0 Å². The molecule has 0 aliphatic heterocycles. The van der Waals surface area contributed by atoms with E-state index in [1.807, 2.05) is 0 Å². The Morgan fingerprint density at radius 3 is 2.18 bits per heavy atom. The first-order valence-electron chi connectivity index (χ1n) is 12.6. The molecule has 0 saturated heterocycles. The fraction of sp³-hybridized carbons (Fsp3) is 0.840. The van der Waals surface area contributed by atoms with Crippen LogP contribution in [0.15, 0.2) is 0 Å². The number of aliphatic carboxylic acids is 1. The Balaban J connectivity index is 1.57. The highest BCUT2D eigenvalue weighted by molar-refractivity contribution is 5.82. The summed E-state index contributed by atoms with van der Waals surface area (Å²) >= 11 is 0. The van der Waals surface area contributed by atoms with Gasteiger partial charge in [0.25, 0.3) is 6.47 Å². The van der Waals surface area contributed by atoms with Crippen molar-refractivity contribution >= 4 is 24.8 Å². The molecule has 0 aromatic rings. The van der Waals surface area contributed by atoms with Crippen LogP contribution in [0.2, 0.25) is 0 Å². The van der Waals surface area contributed by atoms with E-state index in [0.29, 0.717) is 12.9 Å². The molecule has 3 fully saturated rings. The van der Waals surface area contributed by atoms with E-state index >= 15 is 0 Å². The number of nitrogens with zero attached hydrogens (tertiary/aromatic N) is 1. The third-order valence-electron chi connectivity index (χ3n) is 8.46. The lowest BCUT2D eigenvalue weighted by Gasteiger charge is -2.35. The summed E-state index contributed by atoms with van der Waals surface area (Å²) in [5.74, 6) is -0.227. The zero-order valence-corrected chi connectivity index (χ0v) is 20.0. The second-order valence-electron chi connectivity index (χ2n) is 10.7. The van der Waals surface area contributed by atoms with Gasteiger partial charge in [-0.3, -0.25) is 19.2 Å². The summed E-state index contributed by atoms with van der Waals surface area (Å²) in [4.78, 5) is 48.6. The quantitative estimate of drug-likeness (QED) is 0.481. The Hall–Kier alpha value is -2.12. The number of hydrogen-bond acceptors (Lipinski definition) is 5. The van der Waals surface area contributed by atoms with Gasteiger partial charge >= 0.3 is 5.97 Å². The summed E-state index contributed by atoms with van der Waals surface area (Å²) in [7, 11) is 1.58. The van der Waals surface area contributed by atoms with E-state index < -0.39 is 30.0 Å². The van der Waals surface area contributed by atoms with Crippen LogP contribution >= 0.6 is 0 Å². The molecule has 186 valence electrons. The predicted molar refractivity (Wildman–Crippen MR) is 122 cm³/mol. The molecule has 0 spiro atoms. The normalized spacial score (nSPS) is 36.5. The molecule has 8 heteroatoms. The highest BCUT2D eigenvalue weighted by atomic mass is 16.5. The number of carboxylic acid groups (broad SMARTS) is 1. The molecule has 4 atom stereocenters. The summed E-state index contributed by atoms with van der Waals surface area (Å²) in [5, 5.41) is 12.5. The van der Waals surface area contributed by atoms with Crippen molar-refractivity contribution in [3.8, 4) is 0 Å². The van der Waals surface area contributed by atoms with Crippen molar-refractivity contribution in [3.05, 3.63) is 0 Å². The van der Waals surface area contributed by atoms with Crippen LogP contribution in [0.1, 0.15) is 77.6 Å². The maximum atomic E-state index is 13.3. The molecule has 0 aromatic carbocycles. The Morgan fingerprint density at radius 1 is 1.03 bits per heavy atom. The number of ether oxygens (including phenoxy) is 1. The van der Waals surface area contributed by atoms with Gasteiger partial charge in [-0.15, -0.1) is 0 Å². The van der Waals surface area contributed by atoms with E-state index in [1.165, 1.54) is 37.0 Å². The first-order chi connectivity index (χ1) is 15.8. The van der Waals surface area contributed by atoms with Crippen LogP contribution in [0.4, 0.5) is 0 Å². The first kappa shape index (κ1) is 25.5. The van der Waals surface area contributed by atoms with Gasteiger partial charge in [0.2, 0.25) is 12.3 Å². The molecule has 8 nitrogen and oxygen atoms in total. The minimum atomic E-state index is -1.05. The van der Waals surface area contributed by atoms with E-state index in [2.05, 4.69) is 12.2 Å². The molecule has 0 heterocycles. The summed E-state index contributed by atoms with van der Waals surface area (Å²) in [6.45, 7) is 2.65. The third-order valence-corrected chi connectivity index (χ3v) is 8.46. The van der Waals surface area contributed by atoms with Crippen molar-refractivity contribution in [1.29, 1.82) is 0 Å². The highest BCUT2D eigenvalue weighted by Gasteiger charge is 2.50. The van der Waals surface area contributed by atoms with Gasteiger partial charge in [0, 0.05) is 31.5 Å². The molecule has 3 aliphatic rings. The Bertz CT molecular complexity index is 684. The zero-order valence-electron chi connectivity index (χ0n) is 20.0. The number of carbonyl (C=O) groups excluding carboxylic acids is 3. The van der Waals surface area contributed by atoms with Crippen LogP contribution in [0.25, 0.3) is 0 Å². The minimum absolute atomic E-state index is 0.0684. The predicted octanol–water partition coefficient (Wildman–Crippen LogP) is 2.99. The summed E-state index contributed by atoms with van der Waals surface area (Å²) < 4.78 is 5.14. The molecule has 0 radical (unpaired) electrons. The average Bonchev–Trinajstić information content (AvgIpc) is 3.14. The molecule has 3 aliphatic carbocycles. The zero-order chi connectivity index (χ0) is 24.0. The van der Waals surface area contributed by atoms with Gasteiger partial charge in [-0.05, 0) is 49.9 Å². The lowest BCUT2D eigenvalue weighted by atomic mass is 9.74. The van der Waals surface area contributed by atoms with Crippen molar-refractivity contribution in [2.45, 2.75) is 95.7 Å². The molecule has 3 rings (SSSR count). The Morgan fingerprint density at radius 2 is 1.64 bits per heavy atom. The van der Waals surface area contributed by atoms with Crippen LogP contribution in [-0.2, 0) is 23.9 Å². The number of nitrogens with one attached hydrogen (secondary N) is 1. The lowest BCUT2D eigenvalue weighted by Crippen LogP contribution is -2.48. The molecule has 2 N–H and O–H groups in total. The standard InChI is InChI=1S/C25H40N2O6/c1-16-3-5-17(6-4-16)11-18-7-9-19(10-8-18)26-25(32)24-20(12-23(30)31)22(33-15-29)13-21(24)27(2)14-28/h14-22,24H,3-13H2,1-2H3,(H,26,32)(H,30,31). The van der Waals surface area contributed by atoms with Gasteiger partial charge in [-0.2, -0.15) is 0 Å². The largest absolute Gasteiger partial charge is 0.481 e. The van der Waals surface area contributed by atoms with Crippen LogP contribution in [-0.4, -0.2) is 60.0 Å². The average molecular weight is 465 g/mol. The van der Waals surface area contributed by atoms with Crippen LogP contribution in [0.5, 0.6) is 0 Å². The van der Waals surface area contributed by atoms with Crippen LogP contribution in [0.3, 0.4) is 0 Å². The Kier molecular flexibility index (Phi) is 9.15. The lowest BCUT2D eigenvalue weighted by molar-refractivity contribution is -0.145. The fourth-order valence-electron chi connectivity index (χ4n) is 6.51. The molecule has 4 unspecified atom stereocenters. The molecule has 3 saturated carbocycles. The molecule has 0 bridgehead atoms. The fourth-order valence-corrected chi connectivity index (χ4v) is 6.51. The molecule has 33 heavy (non-hydrogen) atoms. The van der Waals surface area contributed by atoms with E-state index in [1.54, 1.807) is 7.05 Å². The SMILES string of the molecule is CC1CCC(CC2CCC(NC(=O)C3C(CC(=O)O)C(OC=O)CC3N(C)C=O)CC2)CC1. The van der Waals surface area contributed by atoms with E-state index in [0.717, 1.165) is 43.4 Å². The summed E-state index contributed by atoms with van der Waals surface area (Å²) in [6, 6.07) is -0.430. The second kappa shape index (κ2) is 11.8. The Labute approximate surface area is 196 Å². The minimum Gasteiger partial charge on any atom is -0.481 e. The van der Waals surface area contributed by atoms with Gasteiger partial charge in [0.05, 0.1) is 12.3 Å². The van der Waals surface area contributed by atoms with Gasteiger partial charge in [-0.1, -0.05) is 32.6 Å². The van der Waals surface area contributed by atoms with Crippen molar-refractivity contribution in [2.75, 3.05) is 7.05 Å². The van der Waals surface area contributed by atoms with Gasteiger partial charge in [0.15, 0.2) is 0 Å². The first-order valence-corrected chi connectivity index (χ1v) is 12.6. The van der Waals surface area contributed by atoms with Crippen molar-refractivity contribution in [1.82, 2.24) is 10.2 Å². The summed E-state index contributed by atoms with van der Waals surface area (Å²) in [6.07, 6.45) is 10.7. The number of amides is 2. The molecule has 2 amide bonds. The van der Waals surface area contributed by atoms with Crippen LogP contribution < -0.4 is 5.32 Å². The van der Waals surface area contributed by atoms with Crippen LogP contribution in [0, 0.1) is 29.6 Å². The molecular formula is C25H40N2O6. The number of hydrogen-bond donors (Lipinski definition) is 2. The number of carboxylic acids is 1. The highest BCUT2D eigenvalue weighted by Crippen LogP contribution is 2.40. The smallest absolute Gasteiger partial charge is 0.303 e. The number of rotatable bonds is 10.